The van der Waals surface area contributed by atoms with Crippen molar-refractivity contribution in [2.45, 2.75) is 52.4 Å². The van der Waals surface area contributed by atoms with Crippen molar-refractivity contribution in [3.8, 4) is 34.2 Å². The highest BCUT2D eigenvalue weighted by Crippen LogP contribution is 2.48. The monoisotopic (exact) mass is 963 g/mol. The molecule has 3 heterocycles. The molecule has 75 heavy (non-hydrogen) atoms. The molecule has 0 N–H and O–H groups in total. The molecule has 358 valence electrons. The van der Waals surface area contributed by atoms with E-state index < -0.39 is 0 Å². The summed E-state index contributed by atoms with van der Waals surface area (Å²) < 4.78 is 0. The van der Waals surface area contributed by atoms with Crippen LogP contribution >= 0.6 is 0 Å². The minimum atomic E-state index is -0.144. The SMILES string of the molecule is CC(C)(C)c1ccc(N2c3cc4ccc5ccccc5c4cc3B3c4cc5c(ccc6ccccc65)cc4N(c4ccc(C(C)(C)C)cc4)c4cc(-c5nc(-c6ccccc6)nc(-c6ccccc6)n5)cc2c43)cc1. The molecule has 0 spiro atoms. The zero-order valence-corrected chi connectivity index (χ0v) is 43.1. The summed E-state index contributed by atoms with van der Waals surface area (Å²) in [5.41, 5.74) is 15.7. The number of benzene rings is 11. The summed E-state index contributed by atoms with van der Waals surface area (Å²) in [5.74, 6) is 1.86. The van der Waals surface area contributed by atoms with E-state index >= 15 is 0 Å². The lowest BCUT2D eigenvalue weighted by Gasteiger charge is -2.45. The molecule has 5 nitrogen and oxygen atoms in total. The number of hydrogen-bond acceptors (Lipinski definition) is 5. The highest BCUT2D eigenvalue weighted by molar-refractivity contribution is 7.00. The average molecular weight is 964 g/mol. The summed E-state index contributed by atoms with van der Waals surface area (Å²) in [6.07, 6.45) is 0. The highest BCUT2D eigenvalue weighted by atomic mass is 15.2. The van der Waals surface area contributed by atoms with E-state index in [-0.39, 0.29) is 17.5 Å². The van der Waals surface area contributed by atoms with E-state index in [2.05, 4.69) is 233 Å². The largest absolute Gasteiger partial charge is 0.311 e. The van der Waals surface area contributed by atoms with Crippen molar-refractivity contribution in [2.24, 2.45) is 0 Å². The van der Waals surface area contributed by atoms with E-state index in [0.717, 1.165) is 50.8 Å². The molecule has 6 heteroatoms. The van der Waals surface area contributed by atoms with Crippen LogP contribution in [0.5, 0.6) is 0 Å². The van der Waals surface area contributed by atoms with Gasteiger partial charge in [0.2, 0.25) is 0 Å². The molecular weight excluding hydrogens is 910 g/mol. The van der Waals surface area contributed by atoms with E-state index in [1.807, 2.05) is 36.4 Å². The molecule has 0 aliphatic carbocycles. The Morgan fingerprint density at radius 1 is 0.320 bits per heavy atom. The third-order valence-corrected chi connectivity index (χ3v) is 15.7. The van der Waals surface area contributed by atoms with Gasteiger partial charge in [0, 0.05) is 50.8 Å². The van der Waals surface area contributed by atoms with Crippen LogP contribution in [0.4, 0.5) is 34.1 Å². The second-order valence-corrected chi connectivity index (χ2v) is 22.5. The molecule has 11 aromatic carbocycles. The van der Waals surface area contributed by atoms with Gasteiger partial charge in [0.15, 0.2) is 17.5 Å². The van der Waals surface area contributed by atoms with Crippen molar-refractivity contribution in [1.82, 2.24) is 15.0 Å². The summed E-state index contributed by atoms with van der Waals surface area (Å²) in [5, 5.41) is 9.85. The minimum absolute atomic E-state index is 0.0227. The number of aromatic nitrogens is 3. The first-order valence-corrected chi connectivity index (χ1v) is 26.2. The van der Waals surface area contributed by atoms with Crippen molar-refractivity contribution in [1.29, 1.82) is 0 Å². The van der Waals surface area contributed by atoms with E-state index in [0.29, 0.717) is 17.5 Å². The maximum Gasteiger partial charge on any atom is 0.252 e. The highest BCUT2D eigenvalue weighted by Gasteiger charge is 2.44. The molecule has 2 aliphatic heterocycles. The number of rotatable bonds is 5. The first-order chi connectivity index (χ1) is 36.4. The van der Waals surface area contributed by atoms with Gasteiger partial charge in [-0.15, -0.1) is 0 Å². The van der Waals surface area contributed by atoms with E-state index in [4.69, 9.17) is 15.0 Å². The van der Waals surface area contributed by atoms with Gasteiger partial charge >= 0.3 is 0 Å². The van der Waals surface area contributed by atoms with Gasteiger partial charge in [0.1, 0.15) is 0 Å². The smallest absolute Gasteiger partial charge is 0.252 e. The standard InChI is InChI=1S/C69H54BN5/c1-68(2,3)50-29-33-52(34-30-50)74-60-37-47-27-25-43-17-13-15-23-54(43)56(47)41-58(60)70-59-42-57-48(28-26-44-18-14-16-24-55(44)57)38-61(59)75(53-35-31-51(32-36-53)69(4,5)6)63-40-49(39-62(74)64(63)70)67-72-65(45-19-9-7-10-20-45)71-66(73-67)46-21-11-8-12-22-46/h7-42H,1-6H3. The molecule has 0 unspecified atom stereocenters. The zero-order valence-electron chi connectivity index (χ0n) is 43.1. The summed E-state index contributed by atoms with van der Waals surface area (Å²) in [4.78, 5) is 21.0. The van der Waals surface area contributed by atoms with E-state index in [1.165, 1.54) is 70.6 Å². The Hall–Kier alpha value is -8.87. The fourth-order valence-electron chi connectivity index (χ4n) is 11.8. The molecule has 1 aromatic heterocycles. The maximum atomic E-state index is 5.40. The van der Waals surface area contributed by atoms with Gasteiger partial charge in [-0.25, -0.2) is 15.0 Å². The van der Waals surface area contributed by atoms with Crippen molar-refractivity contribution in [3.63, 3.8) is 0 Å². The molecule has 14 rings (SSSR count). The molecule has 0 saturated carbocycles. The predicted octanol–water partition coefficient (Wildman–Crippen LogP) is 16.2. The first kappa shape index (κ1) is 44.8. The summed E-state index contributed by atoms with van der Waals surface area (Å²) in [6, 6.07) is 80.5. The van der Waals surface area contributed by atoms with E-state index in [9.17, 15) is 0 Å². The average Bonchev–Trinajstić information content (AvgIpc) is 3.46. The maximum absolute atomic E-state index is 5.40. The molecule has 2 aliphatic rings. The van der Waals surface area contributed by atoms with Gasteiger partial charge in [0.05, 0.1) is 0 Å². The Kier molecular flexibility index (Phi) is 10.1. The Morgan fingerprint density at radius 3 is 1.11 bits per heavy atom. The van der Waals surface area contributed by atoms with Crippen molar-refractivity contribution >= 4 is 100 Å². The third kappa shape index (κ3) is 7.41. The van der Waals surface area contributed by atoms with Gasteiger partial charge in [-0.3, -0.25) is 0 Å². The lowest BCUT2D eigenvalue weighted by Crippen LogP contribution is -2.61. The normalized spacial score (nSPS) is 13.1. The molecular formula is C69H54BN5. The Labute approximate surface area is 438 Å². The minimum Gasteiger partial charge on any atom is -0.311 e. The second kappa shape index (κ2) is 16.8. The molecule has 12 aromatic rings. The number of nitrogens with zero attached hydrogens (tertiary/aromatic N) is 5. The van der Waals surface area contributed by atoms with Gasteiger partial charge < -0.3 is 9.80 Å². The summed E-state index contributed by atoms with van der Waals surface area (Å²) >= 11 is 0. The molecule has 0 fully saturated rings. The van der Waals surface area contributed by atoms with Crippen LogP contribution in [0.25, 0.3) is 77.3 Å². The number of anilines is 6. The van der Waals surface area contributed by atoms with Gasteiger partial charge in [-0.2, -0.15) is 0 Å². The third-order valence-electron chi connectivity index (χ3n) is 15.7. The lowest BCUT2D eigenvalue weighted by molar-refractivity contribution is 0.590. The van der Waals surface area contributed by atoms with E-state index in [1.54, 1.807) is 0 Å². The van der Waals surface area contributed by atoms with Crippen LogP contribution in [0.1, 0.15) is 52.7 Å². The van der Waals surface area contributed by atoms with Crippen LogP contribution in [0.3, 0.4) is 0 Å². The lowest BCUT2D eigenvalue weighted by atomic mass is 9.33. The quantitative estimate of drug-likeness (QED) is 0.127. The van der Waals surface area contributed by atoms with Crippen LogP contribution < -0.4 is 26.2 Å². The predicted molar refractivity (Wildman–Crippen MR) is 318 cm³/mol. The molecule has 0 bridgehead atoms. The Balaban J connectivity index is 1.13. The molecule has 0 radical (unpaired) electrons. The molecule has 0 amide bonds. The van der Waals surface area contributed by atoms with Crippen LogP contribution in [0.15, 0.2) is 218 Å². The number of fused-ring (bicyclic) bond motifs is 10. The fourth-order valence-corrected chi connectivity index (χ4v) is 11.8. The van der Waals surface area contributed by atoms with Crippen molar-refractivity contribution in [3.05, 3.63) is 230 Å². The van der Waals surface area contributed by atoms with Gasteiger partial charge in [-0.1, -0.05) is 211 Å². The number of hydrogen-bond donors (Lipinski definition) is 0. The van der Waals surface area contributed by atoms with Gasteiger partial charge in [0.25, 0.3) is 6.71 Å². The first-order valence-electron chi connectivity index (χ1n) is 26.2. The van der Waals surface area contributed by atoms with Crippen LogP contribution in [-0.4, -0.2) is 21.7 Å². The van der Waals surface area contributed by atoms with Crippen LogP contribution in [-0.2, 0) is 10.8 Å². The van der Waals surface area contributed by atoms with Gasteiger partial charge in [-0.05, 0) is 130 Å². The van der Waals surface area contributed by atoms with Crippen LogP contribution in [0.2, 0.25) is 0 Å². The topological polar surface area (TPSA) is 45.2 Å². The summed E-state index contributed by atoms with van der Waals surface area (Å²) in [7, 11) is 0. The molecule has 0 atom stereocenters. The second-order valence-electron chi connectivity index (χ2n) is 22.5. The van der Waals surface area contributed by atoms with Crippen LogP contribution in [0, 0.1) is 0 Å². The van der Waals surface area contributed by atoms with Crippen molar-refractivity contribution in [2.75, 3.05) is 9.80 Å². The zero-order chi connectivity index (χ0) is 50.7. The summed E-state index contributed by atoms with van der Waals surface area (Å²) in [6.45, 7) is 13.6. The fraction of sp³-hybridized carbons (Fsp3) is 0.116. The van der Waals surface area contributed by atoms with Crippen molar-refractivity contribution < 1.29 is 0 Å². The Bertz CT molecular complexity index is 3980. The molecule has 0 saturated heterocycles. The Morgan fingerprint density at radius 2 is 0.693 bits per heavy atom.